The Kier molecular flexibility index (Phi) is 6.50. The summed E-state index contributed by atoms with van der Waals surface area (Å²) in [4.78, 5) is 15.3. The molecule has 1 aromatic carbocycles. The van der Waals surface area contributed by atoms with Crippen LogP contribution in [0.15, 0.2) is 46.8 Å². The maximum atomic E-state index is 13.8. The molecule has 0 spiro atoms. The lowest BCUT2D eigenvalue weighted by Crippen LogP contribution is -2.33. The topological polar surface area (TPSA) is 32.3 Å². The number of rotatable bonds is 7. The van der Waals surface area contributed by atoms with E-state index in [1.54, 1.807) is 36.5 Å². The molecule has 0 bridgehead atoms. The molecule has 1 heterocycles. The molecule has 3 nitrogen and oxygen atoms in total. The van der Waals surface area contributed by atoms with Crippen LogP contribution < -0.4 is 5.32 Å². The lowest BCUT2D eigenvalue weighted by atomic mass is 10.2. The smallest absolute Gasteiger partial charge is 0.238 e. The number of benzene rings is 1. The quantitative estimate of drug-likeness (QED) is 0.694. The molecule has 0 aliphatic carbocycles. The van der Waals surface area contributed by atoms with Crippen LogP contribution in [-0.2, 0) is 11.3 Å². The van der Waals surface area contributed by atoms with Crippen LogP contribution in [0.3, 0.4) is 0 Å². The van der Waals surface area contributed by atoms with Crippen molar-refractivity contribution in [2.75, 3.05) is 18.4 Å². The zero-order valence-corrected chi connectivity index (χ0v) is 15.2. The highest BCUT2D eigenvalue weighted by Gasteiger charge is 2.13. The maximum Gasteiger partial charge on any atom is 0.238 e. The van der Waals surface area contributed by atoms with E-state index in [1.807, 2.05) is 17.0 Å². The first-order valence-electron chi connectivity index (χ1n) is 7.11. The van der Waals surface area contributed by atoms with Gasteiger partial charge >= 0.3 is 0 Å². The Bertz CT molecular complexity index is 702. The average Bonchev–Trinajstić information content (AvgIpc) is 2.87. The largest absolute Gasteiger partial charge is 0.322 e. The van der Waals surface area contributed by atoms with Crippen molar-refractivity contribution >= 4 is 38.9 Å². The van der Waals surface area contributed by atoms with Gasteiger partial charge in [-0.1, -0.05) is 12.1 Å². The van der Waals surface area contributed by atoms with Crippen molar-refractivity contribution < 1.29 is 9.18 Å². The molecule has 23 heavy (non-hydrogen) atoms. The van der Waals surface area contributed by atoms with Gasteiger partial charge in [0.05, 0.1) is 16.0 Å². The van der Waals surface area contributed by atoms with Crippen LogP contribution in [0.1, 0.15) is 10.4 Å². The van der Waals surface area contributed by atoms with Gasteiger partial charge in [-0.15, -0.1) is 17.9 Å². The van der Waals surface area contributed by atoms with Crippen molar-refractivity contribution in [1.82, 2.24) is 4.90 Å². The highest BCUT2D eigenvalue weighted by Crippen LogP contribution is 2.23. The van der Waals surface area contributed by atoms with Crippen LogP contribution in [-0.4, -0.2) is 23.9 Å². The van der Waals surface area contributed by atoms with Gasteiger partial charge in [0.25, 0.3) is 0 Å². The van der Waals surface area contributed by atoms with Crippen molar-refractivity contribution in [3.8, 4) is 0 Å². The molecule has 0 aliphatic rings. The molecule has 1 amide bonds. The number of anilines is 1. The second-order valence-electron chi connectivity index (χ2n) is 5.20. The molecular weight excluding hydrogens is 379 g/mol. The van der Waals surface area contributed by atoms with Crippen molar-refractivity contribution in [3.63, 3.8) is 0 Å². The minimum atomic E-state index is -0.421. The van der Waals surface area contributed by atoms with Crippen molar-refractivity contribution in [1.29, 1.82) is 0 Å². The number of hydrogen-bond donors (Lipinski definition) is 1. The highest BCUT2D eigenvalue weighted by atomic mass is 79.9. The lowest BCUT2D eigenvalue weighted by Gasteiger charge is -2.19. The number of carbonyl (C=O) groups is 1. The standard InChI is InChI=1S/C17H18BrFN2OS/c1-3-8-21(10-13-5-7-16(18)23-13)11-17(22)20-15-6-4-12(2)9-14(15)19/h3-7,9H,1,8,10-11H2,2H3,(H,20,22). The first kappa shape index (κ1) is 17.8. The van der Waals surface area contributed by atoms with Crippen LogP contribution in [0.25, 0.3) is 0 Å². The molecule has 0 saturated carbocycles. The molecule has 6 heteroatoms. The van der Waals surface area contributed by atoms with Gasteiger partial charge in [0.15, 0.2) is 0 Å². The van der Waals surface area contributed by atoms with Crippen LogP contribution in [0.4, 0.5) is 10.1 Å². The van der Waals surface area contributed by atoms with Crippen molar-refractivity contribution in [3.05, 3.63) is 63.0 Å². The molecule has 0 fully saturated rings. The number of aryl methyl sites for hydroxylation is 1. The Morgan fingerprint density at radius 3 is 2.83 bits per heavy atom. The van der Waals surface area contributed by atoms with E-state index in [4.69, 9.17) is 0 Å². The number of amides is 1. The van der Waals surface area contributed by atoms with Gasteiger partial charge in [-0.25, -0.2) is 4.39 Å². The third-order valence-corrected chi connectivity index (χ3v) is 4.77. The van der Waals surface area contributed by atoms with E-state index >= 15 is 0 Å². The Morgan fingerprint density at radius 2 is 2.22 bits per heavy atom. The first-order chi connectivity index (χ1) is 11.0. The minimum absolute atomic E-state index is 0.175. The van der Waals surface area contributed by atoms with Gasteiger partial charge < -0.3 is 5.32 Å². The zero-order chi connectivity index (χ0) is 16.8. The van der Waals surface area contributed by atoms with Crippen LogP contribution in [0.2, 0.25) is 0 Å². The lowest BCUT2D eigenvalue weighted by molar-refractivity contribution is -0.117. The van der Waals surface area contributed by atoms with E-state index in [0.29, 0.717) is 13.1 Å². The predicted octanol–water partition coefficient (Wildman–Crippen LogP) is 4.58. The highest BCUT2D eigenvalue weighted by molar-refractivity contribution is 9.11. The number of thiophene rings is 1. The van der Waals surface area contributed by atoms with E-state index in [0.717, 1.165) is 14.2 Å². The molecular formula is C17H18BrFN2OS. The Balaban J connectivity index is 1.98. The van der Waals surface area contributed by atoms with Gasteiger partial charge in [-0.3, -0.25) is 9.69 Å². The van der Waals surface area contributed by atoms with E-state index in [1.165, 1.54) is 6.07 Å². The molecule has 2 aromatic rings. The number of hydrogen-bond acceptors (Lipinski definition) is 3. The summed E-state index contributed by atoms with van der Waals surface area (Å²) in [6.45, 7) is 6.93. The summed E-state index contributed by atoms with van der Waals surface area (Å²) in [6.07, 6.45) is 1.75. The Labute approximate surface area is 147 Å². The van der Waals surface area contributed by atoms with Gasteiger partial charge in [0, 0.05) is 18.0 Å². The third-order valence-electron chi connectivity index (χ3n) is 3.16. The minimum Gasteiger partial charge on any atom is -0.322 e. The van der Waals surface area contributed by atoms with E-state index in [9.17, 15) is 9.18 Å². The van der Waals surface area contributed by atoms with Crippen LogP contribution in [0, 0.1) is 12.7 Å². The van der Waals surface area contributed by atoms with E-state index < -0.39 is 5.82 Å². The number of nitrogens with zero attached hydrogens (tertiary/aromatic N) is 1. The summed E-state index contributed by atoms with van der Waals surface area (Å²) in [6, 6.07) is 8.75. The van der Waals surface area contributed by atoms with Gasteiger partial charge in [0.2, 0.25) is 5.91 Å². The van der Waals surface area contributed by atoms with Crippen molar-refractivity contribution in [2.24, 2.45) is 0 Å². The fourth-order valence-corrected chi connectivity index (χ4v) is 3.66. The summed E-state index contributed by atoms with van der Waals surface area (Å²) in [7, 11) is 0. The molecule has 0 atom stereocenters. The SMILES string of the molecule is C=CCN(CC(=O)Nc1ccc(C)cc1F)Cc1ccc(Br)s1. The van der Waals surface area contributed by atoms with Gasteiger partial charge in [0.1, 0.15) is 5.82 Å². The monoisotopic (exact) mass is 396 g/mol. The molecule has 0 saturated heterocycles. The second kappa shape index (κ2) is 8.38. The van der Waals surface area contributed by atoms with Gasteiger partial charge in [-0.05, 0) is 52.7 Å². The summed E-state index contributed by atoms with van der Waals surface area (Å²) in [5, 5.41) is 2.62. The molecule has 1 aromatic heterocycles. The first-order valence-corrected chi connectivity index (χ1v) is 8.72. The predicted molar refractivity (Wildman–Crippen MR) is 97.3 cm³/mol. The second-order valence-corrected chi connectivity index (χ2v) is 7.74. The summed E-state index contributed by atoms with van der Waals surface area (Å²) < 4.78 is 14.9. The average molecular weight is 397 g/mol. The normalized spacial score (nSPS) is 10.8. The van der Waals surface area contributed by atoms with Crippen molar-refractivity contribution in [2.45, 2.75) is 13.5 Å². The summed E-state index contributed by atoms with van der Waals surface area (Å²) in [5.74, 6) is -0.666. The fraction of sp³-hybridized carbons (Fsp3) is 0.235. The number of halogens is 2. The molecule has 0 radical (unpaired) electrons. The molecule has 2 rings (SSSR count). The van der Waals surface area contributed by atoms with Crippen LogP contribution in [0.5, 0.6) is 0 Å². The third kappa shape index (κ3) is 5.57. The van der Waals surface area contributed by atoms with E-state index in [2.05, 4.69) is 27.8 Å². The Morgan fingerprint density at radius 1 is 1.43 bits per heavy atom. The molecule has 0 unspecified atom stereocenters. The van der Waals surface area contributed by atoms with E-state index in [-0.39, 0.29) is 18.1 Å². The number of nitrogens with one attached hydrogen (secondary N) is 1. The summed E-state index contributed by atoms with van der Waals surface area (Å²) in [5.41, 5.74) is 1.02. The Hall–Kier alpha value is -1.50. The molecule has 1 N–H and O–H groups in total. The summed E-state index contributed by atoms with van der Waals surface area (Å²) >= 11 is 5.05. The van der Waals surface area contributed by atoms with Crippen LogP contribution >= 0.6 is 27.3 Å². The molecule has 122 valence electrons. The number of carbonyl (C=O) groups excluding carboxylic acids is 1. The van der Waals surface area contributed by atoms with Gasteiger partial charge in [-0.2, -0.15) is 0 Å². The molecule has 0 aliphatic heterocycles. The fourth-order valence-electron chi connectivity index (χ4n) is 2.14. The maximum absolute atomic E-state index is 13.8. The zero-order valence-electron chi connectivity index (χ0n) is 12.8.